The molecule has 1 rings (SSSR count). The van der Waals surface area contributed by atoms with Crippen molar-refractivity contribution in [3.8, 4) is 5.75 Å². The molecule has 0 aliphatic heterocycles. The Balaban J connectivity index is 2.68. The number of ether oxygens (including phenoxy) is 1. The molecule has 134 valence electrons. The Morgan fingerprint density at radius 1 is 1.21 bits per heavy atom. The summed E-state index contributed by atoms with van der Waals surface area (Å²) in [6, 6.07) is 7.13. The predicted octanol–water partition coefficient (Wildman–Crippen LogP) is 3.84. The van der Waals surface area contributed by atoms with Crippen molar-refractivity contribution in [2.24, 2.45) is 5.92 Å². The maximum absolute atomic E-state index is 11.9. The third-order valence-electron chi connectivity index (χ3n) is 2.85. The highest BCUT2D eigenvalue weighted by molar-refractivity contribution is 7.80. The van der Waals surface area contributed by atoms with E-state index in [9.17, 15) is 4.79 Å². The summed E-state index contributed by atoms with van der Waals surface area (Å²) in [5, 5.41) is 8.59. The lowest BCUT2D eigenvalue weighted by molar-refractivity contribution is -0.122. The van der Waals surface area contributed by atoms with Crippen LogP contribution in [0.4, 0.5) is 5.69 Å². The van der Waals surface area contributed by atoms with Gasteiger partial charge >= 0.3 is 0 Å². The molecule has 0 aliphatic rings. The zero-order valence-corrected chi connectivity index (χ0v) is 16.6. The second-order valence-electron chi connectivity index (χ2n) is 5.47. The van der Waals surface area contributed by atoms with Gasteiger partial charge in [-0.05, 0) is 42.4 Å². The number of hydrogen-bond donors (Lipinski definition) is 3. The topological polar surface area (TPSA) is 62.4 Å². The largest absolute Gasteiger partial charge is 0.497 e. The lowest BCUT2D eigenvalue weighted by Crippen LogP contribution is -2.56. The van der Waals surface area contributed by atoms with Crippen LogP contribution in [0.25, 0.3) is 0 Å². The van der Waals surface area contributed by atoms with Gasteiger partial charge in [0.25, 0.3) is 0 Å². The number of hydrogen-bond acceptors (Lipinski definition) is 3. The van der Waals surface area contributed by atoms with Gasteiger partial charge in [0, 0.05) is 12.1 Å². The van der Waals surface area contributed by atoms with Gasteiger partial charge in [0.05, 0.1) is 7.11 Å². The number of nitrogens with one attached hydrogen (secondary N) is 3. The van der Waals surface area contributed by atoms with Gasteiger partial charge in [-0.15, -0.1) is 0 Å². The summed E-state index contributed by atoms with van der Waals surface area (Å²) in [6.07, 6.45) is -0.649. The molecule has 1 amide bonds. The molecular formula is C15H20Cl3N3O2S. The number of halogens is 3. The van der Waals surface area contributed by atoms with Crippen LogP contribution in [0.2, 0.25) is 0 Å². The van der Waals surface area contributed by atoms with Gasteiger partial charge in [0.15, 0.2) is 5.11 Å². The van der Waals surface area contributed by atoms with Crippen LogP contribution in [0.1, 0.15) is 20.3 Å². The minimum atomic E-state index is -1.77. The number of rotatable bonds is 6. The molecular weight excluding hydrogens is 393 g/mol. The lowest BCUT2D eigenvalue weighted by atomic mass is 10.1. The van der Waals surface area contributed by atoms with Crippen molar-refractivity contribution in [2.75, 3.05) is 12.4 Å². The van der Waals surface area contributed by atoms with Crippen molar-refractivity contribution in [2.45, 2.75) is 30.2 Å². The molecule has 9 heteroatoms. The van der Waals surface area contributed by atoms with Crippen molar-refractivity contribution in [1.82, 2.24) is 10.6 Å². The van der Waals surface area contributed by atoms with Crippen LogP contribution in [0.3, 0.4) is 0 Å². The Labute approximate surface area is 162 Å². The summed E-state index contributed by atoms with van der Waals surface area (Å²) in [7, 11) is 1.58. The number of carbonyl (C=O) groups excluding carboxylic acids is 1. The van der Waals surface area contributed by atoms with Gasteiger partial charge in [-0.3, -0.25) is 4.79 Å². The Hall–Kier alpha value is -0.950. The molecule has 0 radical (unpaired) electrons. The van der Waals surface area contributed by atoms with Crippen LogP contribution in [-0.2, 0) is 4.79 Å². The van der Waals surface area contributed by atoms with Crippen LogP contribution in [-0.4, -0.2) is 28.1 Å². The Morgan fingerprint density at radius 3 is 2.25 bits per heavy atom. The van der Waals surface area contributed by atoms with E-state index in [4.69, 9.17) is 51.8 Å². The Kier molecular flexibility index (Phi) is 8.36. The summed E-state index contributed by atoms with van der Waals surface area (Å²) in [4.78, 5) is 11.9. The van der Waals surface area contributed by atoms with E-state index in [1.54, 1.807) is 31.4 Å². The van der Waals surface area contributed by atoms with Gasteiger partial charge in [-0.25, -0.2) is 0 Å². The average Bonchev–Trinajstić information content (AvgIpc) is 2.45. The summed E-state index contributed by atoms with van der Waals surface area (Å²) < 4.78 is 3.32. The van der Waals surface area contributed by atoms with E-state index >= 15 is 0 Å². The summed E-state index contributed by atoms with van der Waals surface area (Å²) in [5.41, 5.74) is 0.727. The number of methoxy groups -OCH3 is 1. The molecule has 3 N–H and O–H groups in total. The van der Waals surface area contributed by atoms with Crippen LogP contribution >= 0.6 is 47.0 Å². The molecule has 0 spiro atoms. The molecule has 0 aromatic heterocycles. The number of thiocarbonyl (C=S) groups is 1. The molecule has 0 saturated heterocycles. The van der Waals surface area contributed by atoms with E-state index in [1.807, 2.05) is 13.8 Å². The minimum absolute atomic E-state index is 0.186. The lowest BCUT2D eigenvalue weighted by Gasteiger charge is -2.28. The third-order valence-corrected chi connectivity index (χ3v) is 3.72. The minimum Gasteiger partial charge on any atom is -0.497 e. The first-order valence-corrected chi connectivity index (χ1v) is 8.73. The fourth-order valence-electron chi connectivity index (χ4n) is 1.76. The number of carbonyl (C=O) groups is 1. The molecule has 1 atom stereocenters. The van der Waals surface area contributed by atoms with Crippen molar-refractivity contribution in [3.63, 3.8) is 0 Å². The first kappa shape index (κ1) is 21.1. The third kappa shape index (κ3) is 7.75. The number of alkyl halides is 3. The standard InChI is InChI=1S/C15H20Cl3N3O2S/c1-9(2)8-12(22)20-13(15(16,17)18)21-14(24)19-10-4-6-11(23-3)7-5-10/h4-7,9,13H,8H2,1-3H3,(H,20,22)(H2,19,21,24)/t13-/m0/s1. The van der Waals surface area contributed by atoms with Crippen molar-refractivity contribution < 1.29 is 9.53 Å². The van der Waals surface area contributed by atoms with E-state index < -0.39 is 9.96 Å². The van der Waals surface area contributed by atoms with Gasteiger partial charge in [-0.1, -0.05) is 48.7 Å². The molecule has 1 aromatic carbocycles. The maximum atomic E-state index is 11.9. The fourth-order valence-corrected chi connectivity index (χ4v) is 2.33. The van der Waals surface area contributed by atoms with Crippen molar-refractivity contribution >= 4 is 63.7 Å². The molecule has 24 heavy (non-hydrogen) atoms. The molecule has 0 bridgehead atoms. The first-order chi connectivity index (χ1) is 11.1. The highest BCUT2D eigenvalue weighted by atomic mass is 35.6. The molecule has 0 aliphatic carbocycles. The zero-order chi connectivity index (χ0) is 18.3. The SMILES string of the molecule is COc1ccc(NC(=S)N[C@H](NC(=O)CC(C)C)C(Cl)(Cl)Cl)cc1. The van der Waals surface area contributed by atoms with E-state index in [-0.39, 0.29) is 16.9 Å². The molecule has 0 saturated carbocycles. The summed E-state index contributed by atoms with van der Waals surface area (Å²) >= 11 is 23.0. The van der Waals surface area contributed by atoms with Crippen molar-refractivity contribution in [1.29, 1.82) is 0 Å². The zero-order valence-electron chi connectivity index (χ0n) is 13.5. The van der Waals surface area contributed by atoms with Gasteiger partial charge in [0.1, 0.15) is 11.9 Å². The van der Waals surface area contributed by atoms with E-state index in [1.165, 1.54) is 0 Å². The Bertz CT molecular complexity index is 562. The summed E-state index contributed by atoms with van der Waals surface area (Å²) in [6.45, 7) is 3.85. The predicted molar refractivity (Wildman–Crippen MR) is 104 cm³/mol. The van der Waals surface area contributed by atoms with Crippen molar-refractivity contribution in [3.05, 3.63) is 24.3 Å². The number of amides is 1. The van der Waals surface area contributed by atoms with E-state index in [0.29, 0.717) is 6.42 Å². The van der Waals surface area contributed by atoms with Crippen LogP contribution in [0.15, 0.2) is 24.3 Å². The number of anilines is 1. The highest BCUT2D eigenvalue weighted by Gasteiger charge is 2.34. The van der Waals surface area contributed by atoms with E-state index in [2.05, 4.69) is 16.0 Å². The van der Waals surface area contributed by atoms with Crippen LogP contribution in [0.5, 0.6) is 5.75 Å². The highest BCUT2D eigenvalue weighted by Crippen LogP contribution is 2.29. The van der Waals surface area contributed by atoms with Crippen LogP contribution < -0.4 is 20.7 Å². The monoisotopic (exact) mass is 411 g/mol. The van der Waals surface area contributed by atoms with Gasteiger partial charge in [0.2, 0.25) is 9.70 Å². The quantitative estimate of drug-likeness (QED) is 0.376. The molecule has 0 unspecified atom stereocenters. The van der Waals surface area contributed by atoms with Gasteiger partial charge in [-0.2, -0.15) is 0 Å². The first-order valence-electron chi connectivity index (χ1n) is 7.19. The molecule has 5 nitrogen and oxygen atoms in total. The molecule has 1 aromatic rings. The number of benzene rings is 1. The average molecular weight is 413 g/mol. The summed E-state index contributed by atoms with van der Waals surface area (Å²) in [5.74, 6) is 0.672. The smallest absolute Gasteiger partial charge is 0.228 e. The Morgan fingerprint density at radius 2 is 1.79 bits per heavy atom. The van der Waals surface area contributed by atoms with Gasteiger partial charge < -0.3 is 20.7 Å². The second kappa shape index (κ2) is 9.51. The fraction of sp³-hybridized carbons (Fsp3) is 0.467. The van der Waals surface area contributed by atoms with Crippen LogP contribution in [0, 0.1) is 5.92 Å². The molecule has 0 fully saturated rings. The van der Waals surface area contributed by atoms with E-state index in [0.717, 1.165) is 11.4 Å². The second-order valence-corrected chi connectivity index (χ2v) is 8.24. The normalized spacial score (nSPS) is 12.5. The molecule has 0 heterocycles. The maximum Gasteiger partial charge on any atom is 0.228 e.